The second kappa shape index (κ2) is 10.7. The molecule has 0 bridgehead atoms. The lowest BCUT2D eigenvalue weighted by molar-refractivity contribution is 1.64. The van der Waals surface area contributed by atoms with Crippen molar-refractivity contribution in [1.29, 1.82) is 0 Å². The lowest BCUT2D eigenvalue weighted by atomic mass is 9.85. The number of rotatable bonds is 3. The Labute approximate surface area is 319 Å². The second-order valence-electron chi connectivity index (χ2n) is 10.6. The lowest BCUT2D eigenvalue weighted by Gasteiger charge is -2.18. The maximum Gasteiger partial charge on any atom is 0.0636 e. The molecule has 0 aromatic heterocycles. The summed E-state index contributed by atoms with van der Waals surface area (Å²) in [5.74, 6) is 0. The molecule has 0 aliphatic rings. The van der Waals surface area contributed by atoms with Gasteiger partial charge >= 0.3 is 0 Å². The van der Waals surface area contributed by atoms with Gasteiger partial charge in [-0.05, 0) is 110 Å². The highest BCUT2D eigenvalue weighted by Gasteiger charge is 2.17. The quantitative estimate of drug-likeness (QED) is 0.134. The zero-order chi connectivity index (χ0) is 56.8. The molecule has 0 fully saturated rings. The van der Waals surface area contributed by atoms with Crippen LogP contribution in [0.25, 0.3) is 98.0 Å². The molecular formula is C48H30. The van der Waals surface area contributed by atoms with Crippen molar-refractivity contribution in [1.82, 2.24) is 0 Å². The molecule has 0 saturated heterocycles. The van der Waals surface area contributed by atoms with Crippen molar-refractivity contribution in [2.24, 2.45) is 0 Å². The van der Waals surface area contributed by atoms with E-state index in [9.17, 15) is 16.4 Å². The smallest absolute Gasteiger partial charge is 0.0616 e. The monoisotopic (exact) mass is 635 g/mol. The fourth-order valence-corrected chi connectivity index (χ4v) is 5.94. The summed E-state index contributed by atoms with van der Waals surface area (Å²) in [6.45, 7) is 0. The van der Waals surface area contributed by atoms with Crippen LogP contribution in [0.4, 0.5) is 0 Å². The first-order valence-corrected chi connectivity index (χ1v) is 14.3. The van der Waals surface area contributed by atoms with Gasteiger partial charge in [0.05, 0.1) is 39.8 Å². The molecule has 10 rings (SSSR count). The number of fused-ring (bicyclic) bond motifs is 8. The predicted octanol–water partition coefficient (Wildman–Crippen LogP) is 13.6. The number of hydrogen-bond acceptors (Lipinski definition) is 0. The minimum absolute atomic E-state index is 0.282. The average molecular weight is 636 g/mol. The minimum Gasteiger partial charge on any atom is -0.0616 e. The van der Waals surface area contributed by atoms with E-state index in [1.54, 1.807) is 0 Å². The van der Waals surface area contributed by atoms with Crippen molar-refractivity contribution in [3.8, 4) is 33.4 Å². The molecule has 0 amide bonds. The molecule has 0 nitrogen and oxygen atoms in total. The van der Waals surface area contributed by atoms with Crippen molar-refractivity contribution in [3.63, 3.8) is 0 Å². The Morgan fingerprint density at radius 1 is 0.271 bits per heavy atom. The predicted molar refractivity (Wildman–Crippen MR) is 208 cm³/mol. The van der Waals surface area contributed by atoms with Crippen LogP contribution in [0.15, 0.2) is 181 Å². The first-order valence-electron chi connectivity index (χ1n) is 28.8. The standard InChI is InChI=1S/C48H30/c1-3-13-37-31(11-1)21-22-32-25-28-36(30-45(32)37)48-43-19-9-7-17-41(43)47(42-18-8-10-20-44(42)48)34-26-23-33(24-27-34)46-29-35-12-2-4-14-38(35)39-15-5-6-16-40(39)46/h1-30H/i1D,2D,3D,4D,5D,6D,7D,8D,9D,10D,11D,12D,14D,15D,16D,17D,18D,19D,20D,21D,22D,23D,24D,25D,26D,27D,28D,29D,30D. The highest BCUT2D eigenvalue weighted by Crippen LogP contribution is 2.45. The molecule has 0 aliphatic heterocycles. The Balaban J connectivity index is 1.47. The summed E-state index contributed by atoms with van der Waals surface area (Å²) in [6.07, 6.45) is 0. The van der Waals surface area contributed by atoms with Crippen LogP contribution in [0.5, 0.6) is 0 Å². The van der Waals surface area contributed by atoms with E-state index in [0.29, 0.717) is 0 Å². The lowest BCUT2D eigenvalue weighted by Crippen LogP contribution is -1.91. The molecule has 0 aliphatic carbocycles. The van der Waals surface area contributed by atoms with Crippen molar-refractivity contribution in [2.45, 2.75) is 0 Å². The summed E-state index contributed by atoms with van der Waals surface area (Å²) < 4.78 is 263. The van der Waals surface area contributed by atoms with E-state index in [0.717, 1.165) is 6.07 Å². The van der Waals surface area contributed by atoms with Gasteiger partial charge in [-0.15, -0.1) is 0 Å². The third kappa shape index (κ3) is 4.10. The van der Waals surface area contributed by atoms with Gasteiger partial charge in [-0.1, -0.05) is 169 Å². The molecule has 222 valence electrons. The van der Waals surface area contributed by atoms with Crippen LogP contribution >= 0.6 is 0 Å². The largest absolute Gasteiger partial charge is 0.0636 e. The van der Waals surface area contributed by atoms with Crippen LogP contribution in [-0.2, 0) is 0 Å². The minimum atomic E-state index is -1.13. The van der Waals surface area contributed by atoms with Crippen molar-refractivity contribution >= 4 is 64.6 Å². The van der Waals surface area contributed by atoms with Gasteiger partial charge in [0.2, 0.25) is 0 Å². The van der Waals surface area contributed by atoms with Crippen LogP contribution in [0.3, 0.4) is 0 Å². The maximum absolute atomic E-state index is 9.81. The molecular weight excluding hydrogens is 577 g/mol. The third-order valence-electron chi connectivity index (χ3n) is 8.01. The van der Waals surface area contributed by atoms with Gasteiger partial charge in [0, 0.05) is 0 Å². The molecule has 10 aromatic rings. The van der Waals surface area contributed by atoms with Gasteiger partial charge in [0.25, 0.3) is 0 Å². The van der Waals surface area contributed by atoms with Crippen LogP contribution in [0.1, 0.15) is 39.8 Å². The zero-order valence-corrected chi connectivity index (χ0v) is 24.1. The van der Waals surface area contributed by atoms with E-state index in [2.05, 4.69) is 0 Å². The van der Waals surface area contributed by atoms with Crippen LogP contribution in [-0.4, -0.2) is 0 Å². The van der Waals surface area contributed by atoms with Gasteiger partial charge in [-0.3, -0.25) is 0 Å². The maximum atomic E-state index is 9.81. The normalized spacial score (nSPS) is 20.2. The van der Waals surface area contributed by atoms with Crippen molar-refractivity contribution in [2.75, 3.05) is 0 Å². The topological polar surface area (TPSA) is 0 Å². The van der Waals surface area contributed by atoms with Crippen LogP contribution in [0.2, 0.25) is 0 Å². The van der Waals surface area contributed by atoms with Gasteiger partial charge < -0.3 is 0 Å². The second-order valence-corrected chi connectivity index (χ2v) is 10.6. The molecule has 0 heterocycles. The Morgan fingerprint density at radius 2 is 0.729 bits per heavy atom. The highest BCUT2D eigenvalue weighted by atomic mass is 14.2. The molecule has 0 heteroatoms. The molecule has 0 N–H and O–H groups in total. The van der Waals surface area contributed by atoms with E-state index in [1.165, 1.54) is 0 Å². The summed E-state index contributed by atoms with van der Waals surface area (Å²) in [5.41, 5.74) is -4.75. The first-order chi connectivity index (χ1) is 35.9. The van der Waals surface area contributed by atoms with Gasteiger partial charge in [-0.2, -0.15) is 0 Å². The molecule has 0 spiro atoms. The Hall–Kier alpha value is -6.24. The highest BCUT2D eigenvalue weighted by molar-refractivity contribution is 6.22. The van der Waals surface area contributed by atoms with E-state index in [-0.39, 0.29) is 5.39 Å². The first kappa shape index (κ1) is 10.9. The summed E-state index contributed by atoms with van der Waals surface area (Å²) in [4.78, 5) is 0. The zero-order valence-electron chi connectivity index (χ0n) is 53.1. The molecule has 0 saturated carbocycles. The van der Waals surface area contributed by atoms with E-state index in [1.807, 2.05) is 0 Å². The summed E-state index contributed by atoms with van der Waals surface area (Å²) in [5, 5.41) is -7.01. The molecule has 10 aromatic carbocycles. The van der Waals surface area contributed by atoms with E-state index in [4.69, 9.17) is 23.3 Å². The molecule has 0 atom stereocenters. The van der Waals surface area contributed by atoms with Crippen LogP contribution in [0, 0.1) is 0 Å². The SMILES string of the molecule is [2H]c1cc2c(c([2H])c1[2H])c([2H])c([2H])c1c([2H])c([2H])c(-c3c4c([2H])c([2H])c([2H])c([2H])c4c(-c4c([2H])c([2H])c(-c5c([2H])c6c([2H])c([2H])c([2H])c([2H])c6c6c([2H])c([2H])c([2H])c([2H])c56)c([2H])c4[2H])c4c([2H])c([2H])c([2H])c([2H])c34)c([2H])c12. The molecule has 48 heavy (non-hydrogen) atoms. The average Bonchev–Trinajstić information content (AvgIpc) is 3.57. The fourth-order valence-electron chi connectivity index (χ4n) is 5.94. The van der Waals surface area contributed by atoms with E-state index < -0.39 is 268 Å². The Bertz CT molecular complexity index is 4430. The van der Waals surface area contributed by atoms with Gasteiger partial charge in [0.15, 0.2) is 0 Å². The summed E-state index contributed by atoms with van der Waals surface area (Å²) >= 11 is 0. The van der Waals surface area contributed by atoms with Crippen molar-refractivity contribution in [3.05, 3.63) is 181 Å². The van der Waals surface area contributed by atoms with Crippen molar-refractivity contribution < 1.29 is 39.8 Å². The Morgan fingerprint density at radius 3 is 1.42 bits per heavy atom. The molecule has 0 unspecified atom stereocenters. The van der Waals surface area contributed by atoms with Crippen LogP contribution < -0.4 is 0 Å². The number of hydrogen-bond donors (Lipinski definition) is 0. The third-order valence-corrected chi connectivity index (χ3v) is 8.01. The van der Waals surface area contributed by atoms with E-state index >= 15 is 0 Å². The number of benzene rings is 10. The summed E-state index contributed by atoms with van der Waals surface area (Å²) in [6, 6.07) is -25.4. The van der Waals surface area contributed by atoms with Gasteiger partial charge in [0.1, 0.15) is 0 Å². The molecule has 0 radical (unpaired) electrons. The fraction of sp³-hybridized carbons (Fsp3) is 0. The summed E-state index contributed by atoms with van der Waals surface area (Å²) in [7, 11) is 0. The Kier molecular flexibility index (Phi) is 2.42. The van der Waals surface area contributed by atoms with Gasteiger partial charge in [-0.25, -0.2) is 0 Å².